The fourth-order valence-corrected chi connectivity index (χ4v) is 1.11. The van der Waals surface area contributed by atoms with Crippen molar-refractivity contribution in [3.8, 4) is 0 Å². The number of allylic oxidation sites excluding steroid dienone is 1. The fraction of sp³-hybridized carbons (Fsp3) is 0.200. The molecule has 0 radical (unpaired) electrons. The van der Waals surface area contributed by atoms with Crippen LogP contribution in [0.25, 0.3) is 5.03 Å². The van der Waals surface area contributed by atoms with Crippen LogP contribution in [0, 0.1) is 0 Å². The molecule has 0 aromatic heterocycles. The van der Waals surface area contributed by atoms with Gasteiger partial charge in [-0.05, 0) is 24.6 Å². The maximum Gasteiger partial charge on any atom is 0.416 e. The first-order chi connectivity index (χ1) is 6.45. The van der Waals surface area contributed by atoms with Gasteiger partial charge in [-0.25, -0.2) is 0 Å². The maximum atomic E-state index is 12.2. The minimum absolute atomic E-state index is 0.443. The lowest BCUT2D eigenvalue weighted by Crippen LogP contribution is -2.04. The van der Waals surface area contributed by atoms with E-state index >= 15 is 0 Å². The van der Waals surface area contributed by atoms with Gasteiger partial charge in [-0.3, -0.25) is 0 Å². The summed E-state index contributed by atoms with van der Waals surface area (Å²) in [4.78, 5) is 0. The average Bonchev–Trinajstić information content (AvgIpc) is 2.15. The second-order valence-corrected chi connectivity index (χ2v) is 3.12. The smallest absolute Gasteiger partial charge is 0.166 e. The molecule has 76 valence electrons. The molecule has 4 heteroatoms. The third kappa shape index (κ3) is 2.51. The van der Waals surface area contributed by atoms with Crippen LogP contribution in [0.1, 0.15) is 18.1 Å². The third-order valence-electron chi connectivity index (χ3n) is 1.74. The molecule has 1 rings (SSSR count). The predicted molar refractivity (Wildman–Crippen MR) is 50.9 cm³/mol. The van der Waals surface area contributed by atoms with Crippen LogP contribution >= 0.6 is 11.6 Å². The van der Waals surface area contributed by atoms with E-state index in [0.717, 1.165) is 12.1 Å². The van der Waals surface area contributed by atoms with Crippen LogP contribution in [0.3, 0.4) is 0 Å². The Kier molecular flexibility index (Phi) is 3.21. The lowest BCUT2D eigenvalue weighted by molar-refractivity contribution is -0.137. The first-order valence-electron chi connectivity index (χ1n) is 3.94. The van der Waals surface area contributed by atoms with Crippen LogP contribution in [0.5, 0.6) is 0 Å². The second-order valence-electron chi connectivity index (χ2n) is 2.71. The highest BCUT2D eigenvalue weighted by Crippen LogP contribution is 2.30. The molecule has 0 aliphatic carbocycles. The standard InChI is InChI=1S/C10H8ClF3/c1-2-9(11)7-3-5-8(6-4-7)10(12,13)14/h2-6H,1H3. The maximum absolute atomic E-state index is 12.2. The number of hydrogen-bond donors (Lipinski definition) is 0. The molecule has 0 amide bonds. The number of hydrogen-bond acceptors (Lipinski definition) is 0. The van der Waals surface area contributed by atoms with Crippen LogP contribution in [0.2, 0.25) is 0 Å². The zero-order valence-electron chi connectivity index (χ0n) is 7.40. The molecule has 14 heavy (non-hydrogen) atoms. The molecule has 0 N–H and O–H groups in total. The van der Waals surface area contributed by atoms with Crippen molar-refractivity contribution in [3.63, 3.8) is 0 Å². The van der Waals surface area contributed by atoms with Crippen LogP contribution in [-0.4, -0.2) is 0 Å². The van der Waals surface area contributed by atoms with E-state index in [1.54, 1.807) is 13.0 Å². The first kappa shape index (κ1) is 11.1. The van der Waals surface area contributed by atoms with Gasteiger partial charge in [-0.15, -0.1) is 0 Å². The Morgan fingerprint density at radius 1 is 1.21 bits per heavy atom. The minimum atomic E-state index is -4.29. The van der Waals surface area contributed by atoms with Crippen LogP contribution in [-0.2, 0) is 6.18 Å². The van der Waals surface area contributed by atoms with Gasteiger partial charge in [0, 0.05) is 5.03 Å². The Bertz CT molecular complexity index is 335. The average molecular weight is 221 g/mol. The summed E-state index contributed by atoms with van der Waals surface area (Å²) >= 11 is 5.74. The highest BCUT2D eigenvalue weighted by atomic mass is 35.5. The lowest BCUT2D eigenvalue weighted by Gasteiger charge is -2.06. The van der Waals surface area contributed by atoms with Crippen LogP contribution in [0.15, 0.2) is 30.3 Å². The van der Waals surface area contributed by atoms with Gasteiger partial charge in [-0.2, -0.15) is 13.2 Å². The van der Waals surface area contributed by atoms with Gasteiger partial charge >= 0.3 is 6.18 Å². The molecular formula is C10H8ClF3. The van der Waals surface area contributed by atoms with Crippen LogP contribution < -0.4 is 0 Å². The van der Waals surface area contributed by atoms with E-state index < -0.39 is 11.7 Å². The Hall–Kier alpha value is -0.960. The molecule has 0 nitrogen and oxygen atoms in total. The van der Waals surface area contributed by atoms with E-state index in [9.17, 15) is 13.2 Å². The summed E-state index contributed by atoms with van der Waals surface area (Å²) in [5.41, 5.74) is -0.0796. The molecule has 0 bridgehead atoms. The van der Waals surface area contributed by atoms with Crippen LogP contribution in [0.4, 0.5) is 13.2 Å². The summed E-state index contributed by atoms with van der Waals surface area (Å²) in [6.45, 7) is 1.72. The minimum Gasteiger partial charge on any atom is -0.166 e. The summed E-state index contributed by atoms with van der Waals surface area (Å²) < 4.78 is 36.5. The summed E-state index contributed by atoms with van der Waals surface area (Å²) in [5, 5.41) is 0.443. The van der Waals surface area contributed by atoms with Gasteiger partial charge in [0.2, 0.25) is 0 Å². The summed E-state index contributed by atoms with van der Waals surface area (Å²) in [5.74, 6) is 0. The summed E-state index contributed by atoms with van der Waals surface area (Å²) in [6, 6.07) is 4.73. The lowest BCUT2D eigenvalue weighted by atomic mass is 10.1. The largest absolute Gasteiger partial charge is 0.416 e. The molecule has 0 spiro atoms. The van der Waals surface area contributed by atoms with E-state index in [-0.39, 0.29) is 0 Å². The van der Waals surface area contributed by atoms with E-state index in [4.69, 9.17) is 11.6 Å². The van der Waals surface area contributed by atoms with Gasteiger partial charge < -0.3 is 0 Å². The Labute approximate surface area is 85.0 Å². The number of benzene rings is 1. The first-order valence-corrected chi connectivity index (χ1v) is 4.32. The fourth-order valence-electron chi connectivity index (χ4n) is 0.985. The van der Waals surface area contributed by atoms with Crippen molar-refractivity contribution < 1.29 is 13.2 Å². The molecule has 0 aliphatic heterocycles. The van der Waals surface area contributed by atoms with Crippen molar-refractivity contribution in [3.05, 3.63) is 41.5 Å². The number of halogens is 4. The molecule has 1 aromatic rings. The SMILES string of the molecule is CC=C(Cl)c1ccc(C(F)(F)F)cc1. The van der Waals surface area contributed by atoms with Crippen molar-refractivity contribution in [1.29, 1.82) is 0 Å². The number of rotatable bonds is 1. The van der Waals surface area contributed by atoms with E-state index in [0.29, 0.717) is 10.6 Å². The van der Waals surface area contributed by atoms with Gasteiger partial charge in [0.25, 0.3) is 0 Å². The van der Waals surface area contributed by atoms with Crippen molar-refractivity contribution in [2.45, 2.75) is 13.1 Å². The zero-order valence-corrected chi connectivity index (χ0v) is 8.15. The normalized spacial score (nSPS) is 13.1. The number of alkyl halides is 3. The summed E-state index contributed by atoms with van der Waals surface area (Å²) in [7, 11) is 0. The third-order valence-corrected chi connectivity index (χ3v) is 2.18. The molecule has 1 aromatic carbocycles. The van der Waals surface area contributed by atoms with Crippen molar-refractivity contribution >= 4 is 16.6 Å². The molecule has 0 saturated heterocycles. The Balaban J connectivity index is 3.01. The van der Waals surface area contributed by atoms with Crippen molar-refractivity contribution in [2.75, 3.05) is 0 Å². The van der Waals surface area contributed by atoms with Gasteiger partial charge in [0.1, 0.15) is 0 Å². The second kappa shape index (κ2) is 4.05. The monoisotopic (exact) mass is 220 g/mol. The van der Waals surface area contributed by atoms with Gasteiger partial charge in [-0.1, -0.05) is 29.8 Å². The van der Waals surface area contributed by atoms with E-state index in [1.165, 1.54) is 12.1 Å². The Morgan fingerprint density at radius 2 is 1.71 bits per heavy atom. The molecule has 0 aliphatic rings. The zero-order chi connectivity index (χ0) is 10.8. The van der Waals surface area contributed by atoms with E-state index in [1.807, 2.05) is 0 Å². The van der Waals surface area contributed by atoms with Gasteiger partial charge in [0.15, 0.2) is 0 Å². The Morgan fingerprint density at radius 3 is 2.07 bits per heavy atom. The molecule has 0 atom stereocenters. The molecule has 0 heterocycles. The quantitative estimate of drug-likeness (QED) is 0.662. The molecule has 0 fully saturated rings. The van der Waals surface area contributed by atoms with Crippen molar-refractivity contribution in [1.82, 2.24) is 0 Å². The topological polar surface area (TPSA) is 0 Å². The van der Waals surface area contributed by atoms with Crippen molar-refractivity contribution in [2.24, 2.45) is 0 Å². The highest BCUT2D eigenvalue weighted by Gasteiger charge is 2.29. The predicted octanol–water partition coefficient (Wildman–Crippen LogP) is 4.31. The van der Waals surface area contributed by atoms with Gasteiger partial charge in [0.05, 0.1) is 5.56 Å². The molecule has 0 saturated carbocycles. The summed E-state index contributed by atoms with van der Waals surface area (Å²) in [6.07, 6.45) is -2.66. The van der Waals surface area contributed by atoms with E-state index in [2.05, 4.69) is 0 Å². The molecular weight excluding hydrogens is 213 g/mol. The molecule has 0 unspecified atom stereocenters. The highest BCUT2D eigenvalue weighted by molar-refractivity contribution is 6.48.